The van der Waals surface area contributed by atoms with Gasteiger partial charge in [-0.15, -0.1) is 0 Å². The number of halogens is 1. The average molecular weight is 440 g/mol. The van der Waals surface area contributed by atoms with Gasteiger partial charge in [-0.05, 0) is 72.2 Å². The van der Waals surface area contributed by atoms with Gasteiger partial charge in [-0.1, -0.05) is 18.2 Å². The van der Waals surface area contributed by atoms with Gasteiger partial charge in [-0.2, -0.15) is 0 Å². The van der Waals surface area contributed by atoms with Gasteiger partial charge in [0.2, 0.25) is 15.9 Å². The summed E-state index contributed by atoms with van der Waals surface area (Å²) in [6.45, 7) is 4.12. The molecule has 8 heteroatoms. The highest BCUT2D eigenvalue weighted by Gasteiger charge is 2.16. The SMILES string of the molecule is Cc1ccc(NC(=O)CN(C)C(C)c2ccc(S(N)(=O)=O)cc2)c(Br)c1. The maximum atomic E-state index is 12.3. The number of carbonyl (C=O) groups excluding carboxylic acids is 1. The highest BCUT2D eigenvalue weighted by atomic mass is 79.9. The lowest BCUT2D eigenvalue weighted by Gasteiger charge is -2.24. The number of aryl methyl sites for hydroxylation is 1. The van der Waals surface area contributed by atoms with Crippen molar-refractivity contribution in [1.82, 2.24) is 4.90 Å². The quantitative estimate of drug-likeness (QED) is 0.722. The molecule has 1 atom stereocenters. The van der Waals surface area contributed by atoms with Crippen molar-refractivity contribution in [2.75, 3.05) is 18.9 Å². The number of rotatable bonds is 6. The molecule has 0 saturated heterocycles. The van der Waals surface area contributed by atoms with Crippen LogP contribution >= 0.6 is 15.9 Å². The molecule has 0 bridgehead atoms. The minimum absolute atomic E-state index is 0.0677. The van der Waals surface area contributed by atoms with Crippen LogP contribution in [0.3, 0.4) is 0 Å². The number of anilines is 1. The first-order valence-corrected chi connectivity index (χ1v) is 10.3. The molecule has 140 valence electrons. The van der Waals surface area contributed by atoms with Gasteiger partial charge >= 0.3 is 0 Å². The van der Waals surface area contributed by atoms with Gasteiger partial charge in [-0.3, -0.25) is 9.69 Å². The minimum atomic E-state index is -3.71. The number of benzene rings is 2. The van der Waals surface area contributed by atoms with Crippen molar-refractivity contribution in [3.05, 3.63) is 58.1 Å². The number of sulfonamides is 1. The fourth-order valence-corrected chi connectivity index (χ4v) is 3.57. The van der Waals surface area contributed by atoms with Gasteiger partial charge in [0.25, 0.3) is 0 Å². The summed E-state index contributed by atoms with van der Waals surface area (Å²) >= 11 is 3.44. The van der Waals surface area contributed by atoms with Crippen LogP contribution in [0, 0.1) is 6.92 Å². The molecular weight excluding hydrogens is 418 g/mol. The number of likely N-dealkylation sites (N-methyl/N-ethyl adjacent to an activating group) is 1. The van der Waals surface area contributed by atoms with Gasteiger partial charge in [0.05, 0.1) is 17.1 Å². The van der Waals surface area contributed by atoms with Gasteiger partial charge < -0.3 is 5.32 Å². The largest absolute Gasteiger partial charge is 0.324 e. The lowest BCUT2D eigenvalue weighted by atomic mass is 10.1. The Kier molecular flexibility index (Phi) is 6.57. The topological polar surface area (TPSA) is 92.5 Å². The molecule has 0 radical (unpaired) electrons. The van der Waals surface area contributed by atoms with E-state index in [1.165, 1.54) is 12.1 Å². The molecule has 0 aliphatic heterocycles. The van der Waals surface area contributed by atoms with E-state index in [-0.39, 0.29) is 23.4 Å². The number of amides is 1. The van der Waals surface area contributed by atoms with Crippen LogP contribution in [0.1, 0.15) is 24.1 Å². The maximum absolute atomic E-state index is 12.3. The summed E-state index contributed by atoms with van der Waals surface area (Å²) in [4.78, 5) is 14.3. The lowest BCUT2D eigenvalue weighted by molar-refractivity contribution is -0.117. The number of nitrogens with two attached hydrogens (primary N) is 1. The van der Waals surface area contributed by atoms with Crippen LogP contribution < -0.4 is 10.5 Å². The fourth-order valence-electron chi connectivity index (χ4n) is 2.47. The molecular formula is C18H22BrN3O3S. The molecule has 1 unspecified atom stereocenters. The second kappa shape index (κ2) is 8.30. The second-order valence-electron chi connectivity index (χ2n) is 6.24. The molecule has 0 aliphatic carbocycles. The third-order valence-corrected chi connectivity index (χ3v) is 5.73. The molecule has 0 saturated carbocycles. The average Bonchev–Trinajstić information content (AvgIpc) is 2.56. The van der Waals surface area contributed by atoms with Crippen LogP contribution in [0.4, 0.5) is 5.69 Å². The number of nitrogens with one attached hydrogen (secondary N) is 1. The second-order valence-corrected chi connectivity index (χ2v) is 8.65. The normalized spacial score (nSPS) is 12.8. The third-order valence-electron chi connectivity index (χ3n) is 4.14. The van der Waals surface area contributed by atoms with E-state index in [0.29, 0.717) is 0 Å². The number of hydrogen-bond acceptors (Lipinski definition) is 4. The molecule has 2 aromatic rings. The Morgan fingerprint density at radius 2 is 1.85 bits per heavy atom. The van der Waals surface area contributed by atoms with Crippen molar-refractivity contribution in [3.8, 4) is 0 Å². The first kappa shape index (κ1) is 20.6. The number of nitrogens with zero attached hydrogens (tertiary/aromatic N) is 1. The molecule has 3 N–H and O–H groups in total. The first-order valence-electron chi connectivity index (χ1n) is 7.97. The van der Waals surface area contributed by atoms with E-state index < -0.39 is 10.0 Å². The Labute approximate surface area is 162 Å². The Balaban J connectivity index is 2.01. The van der Waals surface area contributed by atoms with Gasteiger partial charge in [0.1, 0.15) is 0 Å². The zero-order valence-corrected chi connectivity index (χ0v) is 17.3. The smallest absolute Gasteiger partial charge is 0.238 e. The third kappa shape index (κ3) is 5.38. The molecule has 0 fully saturated rings. The van der Waals surface area contributed by atoms with E-state index >= 15 is 0 Å². The van der Waals surface area contributed by atoms with Crippen LogP contribution in [0.5, 0.6) is 0 Å². The van der Waals surface area contributed by atoms with Crippen LogP contribution in [0.2, 0.25) is 0 Å². The van der Waals surface area contributed by atoms with Crippen molar-refractivity contribution in [2.45, 2.75) is 24.8 Å². The molecule has 2 rings (SSSR count). The number of carbonyl (C=O) groups is 1. The molecule has 0 spiro atoms. The number of hydrogen-bond donors (Lipinski definition) is 2. The van der Waals surface area contributed by atoms with Crippen molar-refractivity contribution >= 4 is 37.5 Å². The summed E-state index contributed by atoms with van der Waals surface area (Å²) in [6, 6.07) is 12.0. The van der Waals surface area contributed by atoms with Gasteiger partial charge in [0, 0.05) is 10.5 Å². The van der Waals surface area contributed by atoms with E-state index in [2.05, 4.69) is 21.2 Å². The molecule has 1 amide bonds. The van der Waals surface area contributed by atoms with Crippen LogP contribution in [0.25, 0.3) is 0 Å². The predicted octanol–water partition coefficient (Wildman–Crippen LogP) is 3.04. The summed E-state index contributed by atoms with van der Waals surface area (Å²) in [5.41, 5.74) is 2.71. The van der Waals surface area contributed by atoms with Gasteiger partial charge in [0.15, 0.2) is 0 Å². The van der Waals surface area contributed by atoms with E-state index in [0.717, 1.165) is 21.3 Å². The maximum Gasteiger partial charge on any atom is 0.238 e. The van der Waals surface area contributed by atoms with Crippen LogP contribution in [-0.4, -0.2) is 32.8 Å². The Morgan fingerprint density at radius 3 is 2.38 bits per heavy atom. The van der Waals surface area contributed by atoms with E-state index in [4.69, 9.17) is 5.14 Å². The zero-order valence-electron chi connectivity index (χ0n) is 14.9. The zero-order chi connectivity index (χ0) is 19.5. The summed E-state index contributed by atoms with van der Waals surface area (Å²) in [6.07, 6.45) is 0. The molecule has 6 nitrogen and oxygen atoms in total. The summed E-state index contributed by atoms with van der Waals surface area (Å²) in [7, 11) is -1.87. The molecule has 0 heterocycles. The Bertz CT molecular complexity index is 898. The molecule has 0 aliphatic rings. The molecule has 0 aromatic heterocycles. The van der Waals surface area contributed by atoms with E-state index in [9.17, 15) is 13.2 Å². The van der Waals surface area contributed by atoms with Crippen molar-refractivity contribution < 1.29 is 13.2 Å². The van der Waals surface area contributed by atoms with E-state index in [1.54, 1.807) is 12.1 Å². The first-order chi connectivity index (χ1) is 12.1. The Morgan fingerprint density at radius 1 is 1.23 bits per heavy atom. The van der Waals surface area contributed by atoms with Crippen LogP contribution in [-0.2, 0) is 14.8 Å². The standard InChI is InChI=1S/C18H22BrN3O3S/c1-12-4-9-17(16(19)10-12)21-18(23)11-22(3)13(2)14-5-7-15(8-6-14)26(20,24)25/h4-10,13H,11H2,1-3H3,(H,21,23)(H2,20,24,25). The summed E-state index contributed by atoms with van der Waals surface area (Å²) in [5.74, 6) is -0.134. The summed E-state index contributed by atoms with van der Waals surface area (Å²) < 4.78 is 23.5. The van der Waals surface area contributed by atoms with Crippen molar-refractivity contribution in [1.29, 1.82) is 0 Å². The monoisotopic (exact) mass is 439 g/mol. The molecule has 2 aromatic carbocycles. The van der Waals surface area contributed by atoms with Crippen LogP contribution in [0.15, 0.2) is 51.8 Å². The van der Waals surface area contributed by atoms with Crippen molar-refractivity contribution in [3.63, 3.8) is 0 Å². The highest BCUT2D eigenvalue weighted by Crippen LogP contribution is 2.24. The number of primary sulfonamides is 1. The minimum Gasteiger partial charge on any atom is -0.324 e. The fraction of sp³-hybridized carbons (Fsp3) is 0.278. The summed E-state index contributed by atoms with van der Waals surface area (Å²) in [5, 5.41) is 7.99. The predicted molar refractivity (Wildman–Crippen MR) is 106 cm³/mol. The molecule has 26 heavy (non-hydrogen) atoms. The van der Waals surface area contributed by atoms with Gasteiger partial charge in [-0.25, -0.2) is 13.6 Å². The lowest BCUT2D eigenvalue weighted by Crippen LogP contribution is -2.32. The van der Waals surface area contributed by atoms with E-state index in [1.807, 2.05) is 44.0 Å². The Hall–Kier alpha value is -1.74. The van der Waals surface area contributed by atoms with Crippen molar-refractivity contribution in [2.24, 2.45) is 5.14 Å². The highest BCUT2D eigenvalue weighted by molar-refractivity contribution is 9.10.